The molecule has 1 aromatic carbocycles. The Bertz CT molecular complexity index is 594. The van der Waals surface area contributed by atoms with Gasteiger partial charge in [0.15, 0.2) is 0 Å². The molecule has 130 valence electrons. The Labute approximate surface area is 143 Å². The van der Waals surface area contributed by atoms with Crippen LogP contribution < -0.4 is 5.73 Å². The lowest BCUT2D eigenvalue weighted by atomic mass is 9.67. The molecule has 5 nitrogen and oxygen atoms in total. The van der Waals surface area contributed by atoms with Crippen LogP contribution in [0.1, 0.15) is 37.2 Å². The summed E-state index contributed by atoms with van der Waals surface area (Å²) in [7, 11) is 1.91. The van der Waals surface area contributed by atoms with Crippen molar-refractivity contribution in [2.45, 2.75) is 31.6 Å². The fourth-order valence-electron chi connectivity index (χ4n) is 4.25. The molecule has 3 rings (SSSR count). The molecule has 24 heavy (non-hydrogen) atoms. The zero-order chi connectivity index (χ0) is 17.2. The number of piperidine rings is 2. The average Bonchev–Trinajstić information content (AvgIpc) is 2.60. The Hall–Kier alpha value is -1.88. The number of carbonyl (C=O) groups is 2. The van der Waals surface area contributed by atoms with E-state index in [1.807, 2.05) is 35.0 Å². The van der Waals surface area contributed by atoms with Crippen LogP contribution in [-0.2, 0) is 9.59 Å². The first-order chi connectivity index (χ1) is 11.5. The molecule has 2 fully saturated rings. The van der Waals surface area contributed by atoms with Crippen LogP contribution in [0.4, 0.5) is 0 Å². The van der Waals surface area contributed by atoms with Gasteiger partial charge >= 0.3 is 0 Å². The highest BCUT2D eigenvalue weighted by atomic mass is 16.2. The van der Waals surface area contributed by atoms with E-state index in [1.165, 1.54) is 0 Å². The van der Waals surface area contributed by atoms with Crippen molar-refractivity contribution in [2.75, 3.05) is 33.2 Å². The summed E-state index contributed by atoms with van der Waals surface area (Å²) in [4.78, 5) is 28.5. The monoisotopic (exact) mass is 329 g/mol. The van der Waals surface area contributed by atoms with Crippen molar-refractivity contribution >= 4 is 11.8 Å². The number of benzene rings is 1. The molecule has 2 amide bonds. The summed E-state index contributed by atoms with van der Waals surface area (Å²) in [6, 6.07) is 10.1. The maximum Gasteiger partial charge on any atom is 0.229 e. The van der Waals surface area contributed by atoms with Crippen LogP contribution in [0.3, 0.4) is 0 Å². The van der Waals surface area contributed by atoms with E-state index in [1.54, 1.807) is 0 Å². The molecule has 2 aliphatic heterocycles. The first-order valence-corrected chi connectivity index (χ1v) is 8.82. The molecule has 1 unspecified atom stereocenters. The quantitative estimate of drug-likeness (QED) is 0.916. The Morgan fingerprint density at radius 3 is 2.54 bits per heavy atom. The summed E-state index contributed by atoms with van der Waals surface area (Å²) in [6.07, 6.45) is 3.24. The van der Waals surface area contributed by atoms with Gasteiger partial charge in [0.05, 0.1) is 5.92 Å². The molecule has 2 saturated heterocycles. The maximum absolute atomic E-state index is 12.7. The second-order valence-electron chi connectivity index (χ2n) is 7.28. The second-order valence-corrected chi connectivity index (χ2v) is 7.28. The summed E-state index contributed by atoms with van der Waals surface area (Å²) >= 11 is 0. The van der Waals surface area contributed by atoms with Crippen molar-refractivity contribution in [3.05, 3.63) is 35.9 Å². The topological polar surface area (TPSA) is 66.6 Å². The summed E-state index contributed by atoms with van der Waals surface area (Å²) < 4.78 is 0. The van der Waals surface area contributed by atoms with Gasteiger partial charge in [-0.15, -0.1) is 0 Å². The number of hydrogen-bond donors (Lipinski definition) is 1. The molecule has 0 saturated carbocycles. The van der Waals surface area contributed by atoms with Crippen molar-refractivity contribution in [3.63, 3.8) is 0 Å². The third-order valence-corrected chi connectivity index (χ3v) is 5.62. The number of nitrogens with two attached hydrogens (primary N) is 1. The fraction of sp³-hybridized carbons (Fsp3) is 0.579. The third kappa shape index (κ3) is 3.31. The minimum absolute atomic E-state index is 0.0590. The Morgan fingerprint density at radius 2 is 1.92 bits per heavy atom. The summed E-state index contributed by atoms with van der Waals surface area (Å²) in [6.45, 7) is 2.77. The zero-order valence-corrected chi connectivity index (χ0v) is 14.4. The maximum atomic E-state index is 12.7. The van der Waals surface area contributed by atoms with E-state index in [-0.39, 0.29) is 23.1 Å². The molecule has 5 heteroatoms. The zero-order valence-electron chi connectivity index (χ0n) is 14.4. The number of likely N-dealkylation sites (N-methyl/N-ethyl adjacent to an activating group) is 1. The van der Waals surface area contributed by atoms with E-state index in [2.05, 4.69) is 12.1 Å². The van der Waals surface area contributed by atoms with Crippen LogP contribution in [0.15, 0.2) is 30.3 Å². The Balaban J connectivity index is 1.73. The van der Waals surface area contributed by atoms with Crippen LogP contribution >= 0.6 is 0 Å². The first-order valence-electron chi connectivity index (χ1n) is 8.82. The lowest BCUT2D eigenvalue weighted by molar-refractivity contribution is -0.143. The highest BCUT2D eigenvalue weighted by molar-refractivity contribution is 5.84. The van der Waals surface area contributed by atoms with Crippen molar-refractivity contribution in [3.8, 4) is 0 Å². The van der Waals surface area contributed by atoms with Gasteiger partial charge in [-0.25, -0.2) is 0 Å². The van der Waals surface area contributed by atoms with Crippen molar-refractivity contribution in [2.24, 2.45) is 11.1 Å². The summed E-state index contributed by atoms with van der Waals surface area (Å²) in [5, 5.41) is 0. The van der Waals surface area contributed by atoms with E-state index >= 15 is 0 Å². The number of nitrogens with zero attached hydrogens (tertiary/aromatic N) is 2. The molecule has 0 radical (unpaired) electrons. The van der Waals surface area contributed by atoms with Gasteiger partial charge in [0, 0.05) is 39.6 Å². The van der Waals surface area contributed by atoms with Crippen LogP contribution in [0.5, 0.6) is 0 Å². The summed E-state index contributed by atoms with van der Waals surface area (Å²) in [5.74, 6) is 0.317. The SMILES string of the molecule is CN1CC2(CCN(C(=O)CCN)CC2)CC(c2ccccc2)C1=O. The Kier molecular flexibility index (Phi) is 4.90. The molecule has 2 N–H and O–H groups in total. The number of hydrogen-bond acceptors (Lipinski definition) is 3. The largest absolute Gasteiger partial charge is 0.345 e. The number of likely N-dealkylation sites (tertiary alicyclic amines) is 2. The van der Waals surface area contributed by atoms with Gasteiger partial charge in [-0.2, -0.15) is 0 Å². The highest BCUT2D eigenvalue weighted by Crippen LogP contribution is 2.45. The van der Waals surface area contributed by atoms with E-state index in [9.17, 15) is 9.59 Å². The Morgan fingerprint density at radius 1 is 1.25 bits per heavy atom. The van der Waals surface area contributed by atoms with E-state index in [0.717, 1.165) is 44.5 Å². The molecule has 1 atom stereocenters. The minimum Gasteiger partial charge on any atom is -0.345 e. The molecule has 0 aliphatic carbocycles. The van der Waals surface area contributed by atoms with Crippen LogP contribution in [-0.4, -0.2) is 54.8 Å². The van der Waals surface area contributed by atoms with Crippen molar-refractivity contribution in [1.29, 1.82) is 0 Å². The van der Waals surface area contributed by atoms with Crippen LogP contribution in [0.2, 0.25) is 0 Å². The lowest BCUT2D eigenvalue weighted by Crippen LogP contribution is -2.53. The molecule has 0 aromatic heterocycles. The minimum atomic E-state index is -0.0590. The van der Waals surface area contributed by atoms with Gasteiger partial charge in [0.25, 0.3) is 0 Å². The molecule has 2 aliphatic rings. The predicted octanol–water partition coefficient (Wildman–Crippen LogP) is 1.59. The van der Waals surface area contributed by atoms with Gasteiger partial charge in [-0.05, 0) is 30.2 Å². The van der Waals surface area contributed by atoms with Gasteiger partial charge in [-0.1, -0.05) is 30.3 Å². The highest BCUT2D eigenvalue weighted by Gasteiger charge is 2.45. The van der Waals surface area contributed by atoms with E-state index in [0.29, 0.717) is 13.0 Å². The number of rotatable bonds is 3. The summed E-state index contributed by atoms with van der Waals surface area (Å²) in [5.41, 5.74) is 6.73. The first kappa shape index (κ1) is 17.0. The molecular weight excluding hydrogens is 302 g/mol. The second kappa shape index (κ2) is 6.93. The van der Waals surface area contributed by atoms with Crippen LogP contribution in [0, 0.1) is 5.41 Å². The number of amides is 2. The predicted molar refractivity (Wildman–Crippen MR) is 93.4 cm³/mol. The molecule has 0 bridgehead atoms. The molecule has 1 aromatic rings. The standard InChI is InChI=1S/C19H27N3O2/c1-21-14-19(8-11-22(12-9-19)17(23)7-10-20)13-16(18(21)24)15-5-3-2-4-6-15/h2-6,16H,7-14,20H2,1H3. The fourth-order valence-corrected chi connectivity index (χ4v) is 4.25. The average molecular weight is 329 g/mol. The molecule has 1 spiro atoms. The number of carbonyl (C=O) groups excluding carboxylic acids is 2. The van der Waals surface area contributed by atoms with Crippen molar-refractivity contribution in [1.82, 2.24) is 9.80 Å². The van der Waals surface area contributed by atoms with Gasteiger partial charge < -0.3 is 15.5 Å². The molecular formula is C19H27N3O2. The van der Waals surface area contributed by atoms with E-state index in [4.69, 9.17) is 5.73 Å². The molecule has 2 heterocycles. The van der Waals surface area contributed by atoms with Crippen molar-refractivity contribution < 1.29 is 9.59 Å². The third-order valence-electron chi connectivity index (χ3n) is 5.62. The lowest BCUT2D eigenvalue weighted by Gasteiger charge is -2.49. The van der Waals surface area contributed by atoms with Crippen LogP contribution in [0.25, 0.3) is 0 Å². The van der Waals surface area contributed by atoms with Gasteiger partial charge in [0.2, 0.25) is 11.8 Å². The smallest absolute Gasteiger partial charge is 0.229 e. The van der Waals surface area contributed by atoms with Gasteiger partial charge in [0.1, 0.15) is 0 Å². The normalized spacial score (nSPS) is 23.6. The van der Waals surface area contributed by atoms with Gasteiger partial charge in [-0.3, -0.25) is 9.59 Å². The van der Waals surface area contributed by atoms with E-state index < -0.39 is 0 Å².